The second kappa shape index (κ2) is 12.1. The van der Waals surface area contributed by atoms with E-state index in [9.17, 15) is 9.90 Å². The molecule has 3 rings (SSSR count). The van der Waals surface area contributed by atoms with Gasteiger partial charge in [-0.3, -0.25) is 9.69 Å². The average Bonchev–Trinajstić information content (AvgIpc) is 2.64. The molecule has 0 spiro atoms. The van der Waals surface area contributed by atoms with E-state index < -0.39 is 6.10 Å². The lowest BCUT2D eigenvalue weighted by atomic mass is 10.1. The lowest BCUT2D eigenvalue weighted by Crippen LogP contribution is -2.51. The number of hydrogen-bond donors (Lipinski definition) is 2. The normalized spacial score (nSPS) is 22.0. The molecule has 2 atom stereocenters. The first-order chi connectivity index (χ1) is 11.7. The molecule has 1 amide bonds. The Labute approximate surface area is 172 Å². The van der Waals surface area contributed by atoms with Crippen molar-refractivity contribution in [2.75, 3.05) is 50.8 Å². The van der Waals surface area contributed by atoms with Crippen LogP contribution in [0.1, 0.15) is 18.1 Å². The van der Waals surface area contributed by atoms with E-state index in [1.54, 1.807) is 0 Å². The lowest BCUT2D eigenvalue weighted by Gasteiger charge is -2.36. The zero-order valence-corrected chi connectivity index (χ0v) is 17.3. The van der Waals surface area contributed by atoms with Crippen LogP contribution in [-0.2, 0) is 4.79 Å². The summed E-state index contributed by atoms with van der Waals surface area (Å²) in [6.45, 7) is 4.84. The number of thioether (sulfide) groups is 1. The summed E-state index contributed by atoms with van der Waals surface area (Å²) >= 11 is 1.93. The standard InChI is InChI=1S/C18H27N3O2S.2ClH/c22-17(15-4-2-1-3-5-15)13-20-7-9-21(10-8-20)18(23)12-16-14-24-11-6-19-16;;/h1-5,16-17,19,22H,6-14H2;2*1H. The van der Waals surface area contributed by atoms with Gasteiger partial charge in [-0.25, -0.2) is 0 Å². The van der Waals surface area contributed by atoms with Crippen LogP contribution in [0.5, 0.6) is 0 Å². The SMILES string of the molecule is Cl.Cl.O=C(CC1CSCCN1)N1CCN(CC(O)c2ccccc2)CC1. The van der Waals surface area contributed by atoms with Crippen molar-refractivity contribution in [3.8, 4) is 0 Å². The molecule has 2 saturated heterocycles. The Balaban J connectivity index is 0.00000169. The molecule has 1 aromatic rings. The van der Waals surface area contributed by atoms with Gasteiger partial charge in [0.15, 0.2) is 0 Å². The van der Waals surface area contributed by atoms with Crippen LogP contribution < -0.4 is 5.32 Å². The molecule has 5 nitrogen and oxygen atoms in total. The van der Waals surface area contributed by atoms with E-state index in [0.29, 0.717) is 19.0 Å². The van der Waals surface area contributed by atoms with Gasteiger partial charge in [-0.1, -0.05) is 30.3 Å². The number of nitrogens with zero attached hydrogens (tertiary/aromatic N) is 2. The van der Waals surface area contributed by atoms with Crippen LogP contribution in [0, 0.1) is 0 Å². The molecule has 0 aromatic heterocycles. The van der Waals surface area contributed by atoms with Crippen molar-refractivity contribution < 1.29 is 9.90 Å². The van der Waals surface area contributed by atoms with E-state index >= 15 is 0 Å². The first-order valence-corrected chi connectivity index (χ1v) is 9.92. The first kappa shape index (κ1) is 23.5. The van der Waals surface area contributed by atoms with Crippen molar-refractivity contribution in [3.05, 3.63) is 35.9 Å². The Hall–Kier alpha value is -0.500. The Kier molecular flexibility index (Phi) is 10.9. The Morgan fingerprint density at radius 1 is 1.19 bits per heavy atom. The molecule has 2 fully saturated rings. The van der Waals surface area contributed by atoms with Gasteiger partial charge in [0.1, 0.15) is 0 Å². The van der Waals surface area contributed by atoms with E-state index in [1.165, 1.54) is 0 Å². The van der Waals surface area contributed by atoms with Gasteiger partial charge in [-0.05, 0) is 5.56 Å². The topological polar surface area (TPSA) is 55.8 Å². The second-order valence-electron chi connectivity index (χ2n) is 6.54. The molecule has 0 bridgehead atoms. The van der Waals surface area contributed by atoms with Crippen LogP contribution in [0.4, 0.5) is 0 Å². The fourth-order valence-electron chi connectivity index (χ4n) is 3.30. The van der Waals surface area contributed by atoms with Crippen LogP contribution in [0.2, 0.25) is 0 Å². The van der Waals surface area contributed by atoms with Crippen molar-refractivity contribution in [2.24, 2.45) is 0 Å². The number of rotatable bonds is 5. The maximum absolute atomic E-state index is 12.4. The highest BCUT2D eigenvalue weighted by Crippen LogP contribution is 2.16. The molecule has 2 aliphatic heterocycles. The monoisotopic (exact) mass is 421 g/mol. The molecule has 2 aliphatic rings. The molecular weight excluding hydrogens is 393 g/mol. The van der Waals surface area contributed by atoms with Crippen molar-refractivity contribution in [2.45, 2.75) is 18.6 Å². The van der Waals surface area contributed by atoms with E-state index in [0.717, 1.165) is 49.8 Å². The minimum atomic E-state index is -0.461. The third-order valence-corrected chi connectivity index (χ3v) is 5.89. The molecule has 2 N–H and O–H groups in total. The van der Waals surface area contributed by atoms with Crippen LogP contribution in [0.15, 0.2) is 30.3 Å². The van der Waals surface area contributed by atoms with Gasteiger partial charge in [0.25, 0.3) is 0 Å². The molecule has 8 heteroatoms. The molecule has 0 saturated carbocycles. The summed E-state index contributed by atoms with van der Waals surface area (Å²) in [5.74, 6) is 2.44. The number of nitrogens with one attached hydrogen (secondary N) is 1. The number of aliphatic hydroxyl groups excluding tert-OH is 1. The van der Waals surface area contributed by atoms with Crippen LogP contribution in [-0.4, -0.2) is 77.6 Å². The van der Waals surface area contributed by atoms with Gasteiger partial charge in [-0.15, -0.1) is 24.8 Å². The van der Waals surface area contributed by atoms with Crippen LogP contribution >= 0.6 is 36.6 Å². The number of carbonyl (C=O) groups is 1. The molecule has 0 radical (unpaired) electrons. The molecular formula is C18H29Cl2N3O2S. The highest BCUT2D eigenvalue weighted by Gasteiger charge is 2.25. The highest BCUT2D eigenvalue weighted by molar-refractivity contribution is 7.99. The quantitative estimate of drug-likeness (QED) is 0.758. The van der Waals surface area contributed by atoms with Crippen LogP contribution in [0.25, 0.3) is 0 Å². The van der Waals surface area contributed by atoms with E-state index in [4.69, 9.17) is 0 Å². The Bertz CT molecular complexity index is 524. The van der Waals surface area contributed by atoms with E-state index in [2.05, 4.69) is 10.2 Å². The Morgan fingerprint density at radius 2 is 1.88 bits per heavy atom. The van der Waals surface area contributed by atoms with Gasteiger partial charge < -0.3 is 15.3 Å². The molecule has 148 valence electrons. The Morgan fingerprint density at radius 3 is 2.50 bits per heavy atom. The third-order valence-electron chi connectivity index (χ3n) is 4.76. The third kappa shape index (κ3) is 6.91. The molecule has 2 unspecified atom stereocenters. The first-order valence-electron chi connectivity index (χ1n) is 8.76. The van der Waals surface area contributed by atoms with E-state index in [-0.39, 0.29) is 30.7 Å². The summed E-state index contributed by atoms with van der Waals surface area (Å²) in [7, 11) is 0. The number of amides is 1. The summed E-state index contributed by atoms with van der Waals surface area (Å²) in [6.07, 6.45) is 0.150. The maximum atomic E-state index is 12.4. The minimum Gasteiger partial charge on any atom is -0.387 e. The number of hydrogen-bond acceptors (Lipinski definition) is 5. The summed E-state index contributed by atoms with van der Waals surface area (Å²) in [5, 5.41) is 13.8. The summed E-state index contributed by atoms with van der Waals surface area (Å²) in [4.78, 5) is 16.7. The number of piperazine rings is 1. The molecule has 1 aromatic carbocycles. The van der Waals surface area contributed by atoms with Gasteiger partial charge in [0.05, 0.1) is 6.10 Å². The zero-order chi connectivity index (χ0) is 16.8. The van der Waals surface area contributed by atoms with Crippen LogP contribution in [0.3, 0.4) is 0 Å². The second-order valence-corrected chi connectivity index (χ2v) is 7.69. The largest absolute Gasteiger partial charge is 0.387 e. The highest BCUT2D eigenvalue weighted by atomic mass is 35.5. The number of carbonyl (C=O) groups excluding carboxylic acids is 1. The molecule has 0 aliphatic carbocycles. The van der Waals surface area contributed by atoms with Crippen molar-refractivity contribution in [3.63, 3.8) is 0 Å². The summed E-state index contributed by atoms with van der Waals surface area (Å²) < 4.78 is 0. The zero-order valence-electron chi connectivity index (χ0n) is 14.9. The summed E-state index contributed by atoms with van der Waals surface area (Å²) in [6, 6.07) is 10.1. The minimum absolute atomic E-state index is 0. The molecule has 26 heavy (non-hydrogen) atoms. The van der Waals surface area contributed by atoms with Gasteiger partial charge in [0, 0.05) is 63.2 Å². The fraction of sp³-hybridized carbons (Fsp3) is 0.611. The maximum Gasteiger partial charge on any atom is 0.224 e. The smallest absolute Gasteiger partial charge is 0.224 e. The fourth-order valence-corrected chi connectivity index (χ4v) is 4.24. The lowest BCUT2D eigenvalue weighted by molar-refractivity contribution is -0.133. The number of halogens is 2. The van der Waals surface area contributed by atoms with Gasteiger partial charge >= 0.3 is 0 Å². The van der Waals surface area contributed by atoms with Crippen molar-refractivity contribution in [1.82, 2.24) is 15.1 Å². The number of β-amino-alcohol motifs (C(OH)–C–C–N with tert-alkyl or cyclic N) is 1. The molecule has 2 heterocycles. The number of aliphatic hydroxyl groups is 1. The van der Waals surface area contributed by atoms with Gasteiger partial charge in [-0.2, -0.15) is 11.8 Å². The van der Waals surface area contributed by atoms with E-state index in [1.807, 2.05) is 47.0 Å². The van der Waals surface area contributed by atoms with Crippen molar-refractivity contribution >= 4 is 42.5 Å². The number of benzene rings is 1. The van der Waals surface area contributed by atoms with Gasteiger partial charge in [0.2, 0.25) is 5.91 Å². The van der Waals surface area contributed by atoms with Crippen molar-refractivity contribution in [1.29, 1.82) is 0 Å². The average molecular weight is 422 g/mol. The predicted octanol–water partition coefficient (Wildman–Crippen LogP) is 1.80. The predicted molar refractivity (Wildman–Crippen MR) is 113 cm³/mol. The summed E-state index contributed by atoms with van der Waals surface area (Å²) in [5.41, 5.74) is 0.955.